The van der Waals surface area contributed by atoms with Crippen LogP contribution in [0, 0.1) is 11.8 Å². The van der Waals surface area contributed by atoms with Gasteiger partial charge in [-0.05, 0) is 55.4 Å². The molecule has 1 saturated heterocycles. The first-order chi connectivity index (χ1) is 16.6. The number of ether oxygens (including phenoxy) is 1. The maximum atomic E-state index is 12.1. The lowest BCUT2D eigenvalue weighted by molar-refractivity contribution is -0.123. The van der Waals surface area contributed by atoms with Crippen LogP contribution in [0.1, 0.15) is 37.7 Å². The van der Waals surface area contributed by atoms with E-state index in [1.165, 1.54) is 0 Å². The van der Waals surface area contributed by atoms with Gasteiger partial charge in [0.1, 0.15) is 17.1 Å². The van der Waals surface area contributed by atoms with E-state index >= 15 is 0 Å². The number of anilines is 2. The van der Waals surface area contributed by atoms with Crippen LogP contribution in [0.15, 0.2) is 36.8 Å². The molecule has 0 bridgehead atoms. The fourth-order valence-electron chi connectivity index (χ4n) is 4.61. The third-order valence-corrected chi connectivity index (χ3v) is 6.92. The third-order valence-electron chi connectivity index (χ3n) is 6.64. The first kappa shape index (κ1) is 22.9. The van der Waals surface area contributed by atoms with Crippen molar-refractivity contribution in [2.24, 2.45) is 11.8 Å². The van der Waals surface area contributed by atoms with Gasteiger partial charge < -0.3 is 15.4 Å². The second kappa shape index (κ2) is 10.6. The molecular weight excluding hydrogens is 452 g/mol. The summed E-state index contributed by atoms with van der Waals surface area (Å²) >= 11 is 6.19. The Labute approximate surface area is 203 Å². The van der Waals surface area contributed by atoms with Gasteiger partial charge in [-0.3, -0.25) is 4.79 Å². The van der Waals surface area contributed by atoms with Crippen molar-refractivity contribution < 1.29 is 9.53 Å². The van der Waals surface area contributed by atoms with E-state index in [0.29, 0.717) is 55.0 Å². The smallest absolute Gasteiger partial charge is 0.222 e. The average Bonchev–Trinajstić information content (AvgIpc) is 2.82. The average molecular weight is 481 g/mol. The van der Waals surface area contributed by atoms with Crippen LogP contribution in [0.4, 0.5) is 11.8 Å². The molecule has 0 unspecified atom stereocenters. The number of halogens is 1. The number of ketones is 1. The van der Waals surface area contributed by atoms with Crippen LogP contribution in [0.25, 0.3) is 10.9 Å². The zero-order valence-electron chi connectivity index (χ0n) is 19.0. The van der Waals surface area contributed by atoms with Crippen molar-refractivity contribution in [1.29, 1.82) is 0 Å². The Morgan fingerprint density at radius 3 is 2.56 bits per heavy atom. The molecule has 1 aliphatic carbocycles. The molecule has 178 valence electrons. The largest absolute Gasteiger partial charge is 0.381 e. The summed E-state index contributed by atoms with van der Waals surface area (Å²) < 4.78 is 5.13. The number of rotatable bonds is 9. The monoisotopic (exact) mass is 480 g/mol. The quantitative estimate of drug-likeness (QED) is 0.437. The standard InChI is InChI=1S/C25H29ClN6O2/c26-24-23-19(7-8-27-24)3-6-22(32-23)31-20-4-1-16(2-5-20)11-28-25-29-12-17(13-30-25)9-21(33)10-18-14-34-15-18/h3,6-8,12-13,16,18,20H,1-2,4-5,9-11,14-15H2,(H,31,32)(H,28,29,30). The van der Waals surface area contributed by atoms with Crippen LogP contribution in [0.5, 0.6) is 0 Å². The molecule has 0 spiro atoms. The second-order valence-electron chi connectivity index (χ2n) is 9.35. The number of hydrogen-bond acceptors (Lipinski definition) is 8. The molecule has 1 aliphatic heterocycles. The number of nitrogens with one attached hydrogen (secondary N) is 2. The molecule has 34 heavy (non-hydrogen) atoms. The SMILES string of the molecule is O=C(Cc1cnc(NCC2CCC(Nc3ccc4ccnc(Cl)c4n3)CC2)nc1)CC1COC1. The summed E-state index contributed by atoms with van der Waals surface area (Å²) in [6.45, 7) is 2.26. The zero-order valence-corrected chi connectivity index (χ0v) is 19.8. The van der Waals surface area contributed by atoms with Crippen LogP contribution >= 0.6 is 11.6 Å². The Bertz CT molecular complexity index is 1130. The first-order valence-electron chi connectivity index (χ1n) is 11.9. The van der Waals surface area contributed by atoms with E-state index in [-0.39, 0.29) is 5.78 Å². The molecule has 3 aromatic heterocycles. The van der Waals surface area contributed by atoms with Gasteiger partial charge in [-0.15, -0.1) is 0 Å². The van der Waals surface area contributed by atoms with E-state index in [1.807, 2.05) is 18.2 Å². The Kier molecular flexibility index (Phi) is 7.16. The fraction of sp³-hybridized carbons (Fsp3) is 0.480. The van der Waals surface area contributed by atoms with Gasteiger partial charge in [-0.1, -0.05) is 11.6 Å². The molecule has 2 fully saturated rings. The highest BCUT2D eigenvalue weighted by molar-refractivity contribution is 6.33. The van der Waals surface area contributed by atoms with E-state index in [9.17, 15) is 4.79 Å². The molecule has 2 N–H and O–H groups in total. The normalized spacial score (nSPS) is 20.6. The molecule has 8 nitrogen and oxygen atoms in total. The molecule has 0 amide bonds. The van der Waals surface area contributed by atoms with E-state index < -0.39 is 0 Å². The minimum absolute atomic E-state index is 0.224. The lowest BCUT2D eigenvalue weighted by Crippen LogP contribution is -2.30. The van der Waals surface area contributed by atoms with Gasteiger partial charge in [0.05, 0.1) is 13.2 Å². The predicted octanol–water partition coefficient (Wildman–Crippen LogP) is 4.30. The van der Waals surface area contributed by atoms with Gasteiger partial charge in [-0.25, -0.2) is 19.9 Å². The highest BCUT2D eigenvalue weighted by Gasteiger charge is 2.23. The Morgan fingerprint density at radius 1 is 1.03 bits per heavy atom. The number of nitrogens with zero attached hydrogens (tertiary/aromatic N) is 4. The molecule has 0 atom stereocenters. The second-order valence-corrected chi connectivity index (χ2v) is 9.71. The number of aromatic nitrogens is 4. The summed E-state index contributed by atoms with van der Waals surface area (Å²) in [5.41, 5.74) is 1.59. The molecule has 1 saturated carbocycles. The molecule has 3 aromatic rings. The summed E-state index contributed by atoms with van der Waals surface area (Å²) in [6.07, 6.45) is 10.6. The molecule has 0 aromatic carbocycles. The maximum absolute atomic E-state index is 12.1. The summed E-state index contributed by atoms with van der Waals surface area (Å²) in [5.74, 6) is 2.66. The van der Waals surface area contributed by atoms with Gasteiger partial charge in [0.15, 0.2) is 5.15 Å². The van der Waals surface area contributed by atoms with Gasteiger partial charge >= 0.3 is 0 Å². The number of hydrogen-bond donors (Lipinski definition) is 2. The van der Waals surface area contributed by atoms with Crippen molar-refractivity contribution in [3.8, 4) is 0 Å². The molecule has 4 heterocycles. The highest BCUT2D eigenvalue weighted by atomic mass is 35.5. The van der Waals surface area contributed by atoms with Crippen molar-refractivity contribution in [1.82, 2.24) is 19.9 Å². The zero-order chi connectivity index (χ0) is 23.3. The molecule has 5 rings (SSSR count). The van der Waals surface area contributed by atoms with E-state index in [4.69, 9.17) is 16.3 Å². The molecule has 0 radical (unpaired) electrons. The number of pyridine rings is 2. The van der Waals surface area contributed by atoms with Gasteiger partial charge in [0.2, 0.25) is 5.95 Å². The minimum Gasteiger partial charge on any atom is -0.381 e. The molecule has 9 heteroatoms. The van der Waals surface area contributed by atoms with Crippen LogP contribution < -0.4 is 10.6 Å². The van der Waals surface area contributed by atoms with Crippen molar-refractivity contribution in [3.05, 3.63) is 47.5 Å². The summed E-state index contributed by atoms with van der Waals surface area (Å²) in [6, 6.07) is 6.34. The van der Waals surface area contributed by atoms with Crippen LogP contribution in [-0.4, -0.2) is 51.5 Å². The minimum atomic E-state index is 0.224. The van der Waals surface area contributed by atoms with Crippen LogP contribution in [0.2, 0.25) is 5.15 Å². The van der Waals surface area contributed by atoms with Crippen molar-refractivity contribution >= 4 is 40.1 Å². The summed E-state index contributed by atoms with van der Waals surface area (Å²) in [4.78, 5) is 29.7. The number of carbonyl (C=O) groups excluding carboxylic acids is 1. The fourth-order valence-corrected chi connectivity index (χ4v) is 4.82. The predicted molar refractivity (Wildman–Crippen MR) is 132 cm³/mol. The van der Waals surface area contributed by atoms with Crippen LogP contribution in [-0.2, 0) is 16.0 Å². The van der Waals surface area contributed by atoms with E-state index in [1.54, 1.807) is 18.6 Å². The third kappa shape index (κ3) is 5.80. The van der Waals surface area contributed by atoms with E-state index in [0.717, 1.165) is 54.5 Å². The Hall–Kier alpha value is -2.84. The Morgan fingerprint density at radius 2 is 1.82 bits per heavy atom. The van der Waals surface area contributed by atoms with Crippen molar-refractivity contribution in [3.63, 3.8) is 0 Å². The maximum Gasteiger partial charge on any atom is 0.222 e. The molecular formula is C25H29ClN6O2. The van der Waals surface area contributed by atoms with Gasteiger partial charge in [-0.2, -0.15) is 0 Å². The molecule has 2 aliphatic rings. The summed E-state index contributed by atoms with van der Waals surface area (Å²) in [5, 5.41) is 8.34. The van der Waals surface area contributed by atoms with Crippen molar-refractivity contribution in [2.75, 3.05) is 30.4 Å². The topological polar surface area (TPSA) is 102 Å². The highest BCUT2D eigenvalue weighted by Crippen LogP contribution is 2.28. The number of carbonyl (C=O) groups is 1. The van der Waals surface area contributed by atoms with Crippen molar-refractivity contribution in [2.45, 2.75) is 44.6 Å². The lowest BCUT2D eigenvalue weighted by Gasteiger charge is -2.29. The summed E-state index contributed by atoms with van der Waals surface area (Å²) in [7, 11) is 0. The number of Topliss-reactive ketones (excluding diaryl/α,β-unsaturated/α-hetero) is 1. The number of fused-ring (bicyclic) bond motifs is 1. The van der Waals surface area contributed by atoms with Gasteiger partial charge in [0, 0.05) is 55.3 Å². The lowest BCUT2D eigenvalue weighted by atomic mass is 9.86. The van der Waals surface area contributed by atoms with Crippen LogP contribution in [0.3, 0.4) is 0 Å². The first-order valence-corrected chi connectivity index (χ1v) is 12.3. The Balaban J connectivity index is 1.05. The van der Waals surface area contributed by atoms with Gasteiger partial charge in [0.25, 0.3) is 0 Å². The van der Waals surface area contributed by atoms with E-state index in [2.05, 4.69) is 30.6 Å².